The zero-order chi connectivity index (χ0) is 13.2. The van der Waals surface area contributed by atoms with Crippen LogP contribution in [-0.4, -0.2) is 11.7 Å². The summed E-state index contributed by atoms with van der Waals surface area (Å²) in [7, 11) is 0. The Balaban J connectivity index is 1.90. The summed E-state index contributed by atoms with van der Waals surface area (Å²) in [6.45, 7) is 4.28. The predicted molar refractivity (Wildman–Crippen MR) is 81.8 cm³/mol. The first-order chi connectivity index (χ1) is 8.50. The second-order valence-electron chi connectivity index (χ2n) is 5.53. The summed E-state index contributed by atoms with van der Waals surface area (Å²) >= 11 is 6.72. The molecule has 0 spiro atoms. The van der Waals surface area contributed by atoms with Gasteiger partial charge in [-0.2, -0.15) is 0 Å². The number of phenolic OH excluding ortho intramolecular Hbond substituents is 1. The van der Waals surface area contributed by atoms with Crippen molar-refractivity contribution in [1.29, 1.82) is 0 Å². The summed E-state index contributed by atoms with van der Waals surface area (Å²) < 4.78 is 1.47. The summed E-state index contributed by atoms with van der Waals surface area (Å²) in [6, 6.07) is 3.92. The zero-order valence-corrected chi connectivity index (χ0v) is 13.8. The second kappa shape index (κ2) is 5.93. The zero-order valence-electron chi connectivity index (χ0n) is 10.6. The Morgan fingerprint density at radius 3 is 2.33 bits per heavy atom. The van der Waals surface area contributed by atoms with E-state index in [-0.39, 0.29) is 5.75 Å². The van der Waals surface area contributed by atoms with Gasteiger partial charge in [-0.1, -0.05) is 19.8 Å². The van der Waals surface area contributed by atoms with Gasteiger partial charge in [0.25, 0.3) is 0 Å². The molecule has 2 nitrogen and oxygen atoms in total. The van der Waals surface area contributed by atoms with Crippen LogP contribution in [0.15, 0.2) is 21.1 Å². The highest BCUT2D eigenvalue weighted by Gasteiger charge is 2.27. The lowest BCUT2D eigenvalue weighted by atomic mass is 9.89. The Morgan fingerprint density at radius 2 is 1.78 bits per heavy atom. The molecule has 2 N–H and O–H groups in total. The molecule has 18 heavy (non-hydrogen) atoms. The van der Waals surface area contributed by atoms with Gasteiger partial charge in [-0.05, 0) is 67.8 Å². The number of hydrogen-bond donors (Lipinski definition) is 2. The third-order valence-corrected chi connectivity index (χ3v) is 4.98. The molecule has 4 heteroatoms. The van der Waals surface area contributed by atoms with Crippen LogP contribution in [0.4, 0.5) is 0 Å². The quantitative estimate of drug-likeness (QED) is 0.805. The monoisotopic (exact) mass is 375 g/mol. The van der Waals surface area contributed by atoms with Crippen molar-refractivity contribution < 1.29 is 5.11 Å². The summed E-state index contributed by atoms with van der Waals surface area (Å²) in [5.41, 5.74) is 1.65. The molecule has 1 saturated carbocycles. The molecule has 0 unspecified atom stereocenters. The highest BCUT2D eigenvalue weighted by atomic mass is 79.9. The first kappa shape index (κ1) is 14.4. The van der Waals surface area contributed by atoms with Crippen LogP contribution in [0.5, 0.6) is 5.75 Å². The third kappa shape index (κ3) is 3.49. The topological polar surface area (TPSA) is 32.3 Å². The van der Waals surface area contributed by atoms with Crippen LogP contribution in [0.2, 0.25) is 0 Å². The fourth-order valence-corrected chi connectivity index (χ4v) is 3.92. The normalized spacial score (nSPS) is 18.2. The molecule has 0 bridgehead atoms. The van der Waals surface area contributed by atoms with E-state index in [0.29, 0.717) is 5.41 Å². The van der Waals surface area contributed by atoms with Crippen LogP contribution in [0.25, 0.3) is 0 Å². The average molecular weight is 377 g/mol. The van der Waals surface area contributed by atoms with E-state index in [1.165, 1.54) is 31.2 Å². The Kier molecular flexibility index (Phi) is 4.73. The van der Waals surface area contributed by atoms with E-state index >= 15 is 0 Å². The number of phenols is 1. The van der Waals surface area contributed by atoms with E-state index in [9.17, 15) is 5.11 Å². The van der Waals surface area contributed by atoms with Gasteiger partial charge in [0.15, 0.2) is 0 Å². The number of nitrogens with one attached hydrogen (secondary N) is 1. The molecule has 0 aliphatic heterocycles. The van der Waals surface area contributed by atoms with Crippen molar-refractivity contribution in [2.75, 3.05) is 6.54 Å². The van der Waals surface area contributed by atoms with Crippen molar-refractivity contribution in [1.82, 2.24) is 5.32 Å². The molecule has 100 valence electrons. The molecule has 1 fully saturated rings. The molecular weight excluding hydrogens is 358 g/mol. The number of hydrogen-bond acceptors (Lipinski definition) is 2. The van der Waals surface area contributed by atoms with Gasteiger partial charge in [0.05, 0.1) is 8.95 Å². The van der Waals surface area contributed by atoms with E-state index in [1.54, 1.807) is 0 Å². The lowest BCUT2D eigenvalue weighted by Gasteiger charge is -2.23. The fourth-order valence-electron chi connectivity index (χ4n) is 2.63. The van der Waals surface area contributed by atoms with Crippen molar-refractivity contribution >= 4 is 31.9 Å². The molecule has 0 heterocycles. The van der Waals surface area contributed by atoms with Crippen LogP contribution < -0.4 is 5.32 Å². The van der Waals surface area contributed by atoms with Crippen LogP contribution in [0, 0.1) is 5.41 Å². The van der Waals surface area contributed by atoms with Crippen molar-refractivity contribution in [2.24, 2.45) is 5.41 Å². The second-order valence-corrected chi connectivity index (χ2v) is 7.24. The third-order valence-electron chi connectivity index (χ3n) is 3.77. The summed E-state index contributed by atoms with van der Waals surface area (Å²) in [5.74, 6) is 0.265. The van der Waals surface area contributed by atoms with Gasteiger partial charge in [-0.25, -0.2) is 0 Å². The number of halogens is 2. The molecule has 1 aliphatic carbocycles. The van der Waals surface area contributed by atoms with Crippen LogP contribution in [0.3, 0.4) is 0 Å². The van der Waals surface area contributed by atoms with E-state index < -0.39 is 0 Å². The number of aromatic hydroxyl groups is 1. The van der Waals surface area contributed by atoms with E-state index in [4.69, 9.17) is 0 Å². The largest absolute Gasteiger partial charge is 0.506 e. The SMILES string of the molecule is CC1(CNCc2cc(Br)c(O)c(Br)c2)CCCC1. The maximum atomic E-state index is 9.66. The average Bonchev–Trinajstić information content (AvgIpc) is 2.73. The van der Waals surface area contributed by atoms with E-state index in [0.717, 1.165) is 22.0 Å². The molecule has 0 radical (unpaired) electrons. The lowest BCUT2D eigenvalue weighted by Crippen LogP contribution is -2.29. The predicted octanol–water partition coefficient (Wildman–Crippen LogP) is 4.59. The van der Waals surface area contributed by atoms with Crippen molar-refractivity contribution in [3.05, 3.63) is 26.6 Å². The van der Waals surface area contributed by atoms with Crippen LogP contribution >= 0.6 is 31.9 Å². The van der Waals surface area contributed by atoms with Gasteiger partial charge in [0, 0.05) is 13.1 Å². The molecule has 1 aliphatic rings. The fraction of sp³-hybridized carbons (Fsp3) is 0.571. The molecule has 0 aromatic heterocycles. The summed E-state index contributed by atoms with van der Waals surface area (Å²) in [4.78, 5) is 0. The Labute approximate surface area is 125 Å². The molecular formula is C14H19Br2NO. The number of benzene rings is 1. The maximum absolute atomic E-state index is 9.66. The van der Waals surface area contributed by atoms with Gasteiger partial charge in [-0.15, -0.1) is 0 Å². The lowest BCUT2D eigenvalue weighted by molar-refractivity contribution is 0.314. The van der Waals surface area contributed by atoms with Gasteiger partial charge in [0.1, 0.15) is 5.75 Å². The van der Waals surface area contributed by atoms with Gasteiger partial charge < -0.3 is 10.4 Å². The first-order valence-electron chi connectivity index (χ1n) is 6.38. The minimum Gasteiger partial charge on any atom is -0.506 e. The minimum absolute atomic E-state index is 0.265. The molecule has 0 atom stereocenters. The molecule has 1 aromatic rings. The highest BCUT2D eigenvalue weighted by Crippen LogP contribution is 2.37. The Morgan fingerprint density at radius 1 is 1.22 bits per heavy atom. The maximum Gasteiger partial charge on any atom is 0.143 e. The van der Waals surface area contributed by atoms with Crippen LogP contribution in [-0.2, 0) is 6.54 Å². The molecule has 1 aromatic carbocycles. The number of rotatable bonds is 4. The van der Waals surface area contributed by atoms with Gasteiger partial charge >= 0.3 is 0 Å². The van der Waals surface area contributed by atoms with Crippen molar-refractivity contribution in [2.45, 2.75) is 39.2 Å². The molecule has 0 saturated heterocycles. The van der Waals surface area contributed by atoms with Crippen LogP contribution in [0.1, 0.15) is 38.2 Å². The van der Waals surface area contributed by atoms with E-state index in [2.05, 4.69) is 44.1 Å². The van der Waals surface area contributed by atoms with Crippen molar-refractivity contribution in [3.63, 3.8) is 0 Å². The van der Waals surface area contributed by atoms with Gasteiger partial charge in [0.2, 0.25) is 0 Å². The van der Waals surface area contributed by atoms with Crippen molar-refractivity contribution in [3.8, 4) is 5.75 Å². The summed E-state index contributed by atoms with van der Waals surface area (Å²) in [5, 5.41) is 13.2. The minimum atomic E-state index is 0.265. The smallest absolute Gasteiger partial charge is 0.143 e. The molecule has 2 rings (SSSR count). The Bertz CT molecular complexity index is 405. The summed E-state index contributed by atoms with van der Waals surface area (Å²) in [6.07, 6.45) is 5.41. The van der Waals surface area contributed by atoms with E-state index in [1.807, 2.05) is 12.1 Å². The molecule has 0 amide bonds. The standard InChI is InChI=1S/C14H19Br2NO/c1-14(4-2-3-5-14)9-17-8-10-6-11(15)13(18)12(16)7-10/h6-7,17-18H,2-5,8-9H2,1H3. The Hall–Kier alpha value is -0.0600. The first-order valence-corrected chi connectivity index (χ1v) is 7.96. The van der Waals surface area contributed by atoms with Gasteiger partial charge in [-0.3, -0.25) is 0 Å². The highest BCUT2D eigenvalue weighted by molar-refractivity contribution is 9.11.